The number of aryl methyl sites for hydroxylation is 1. The van der Waals surface area contributed by atoms with Crippen molar-refractivity contribution in [3.05, 3.63) is 59.1 Å². The number of amides is 2. The van der Waals surface area contributed by atoms with Crippen LogP contribution in [0.5, 0.6) is 0 Å². The summed E-state index contributed by atoms with van der Waals surface area (Å²) in [7, 11) is 0.815. The number of ether oxygens (including phenoxy) is 1. The Morgan fingerprint density at radius 2 is 1.75 bits per heavy atom. The average Bonchev–Trinajstić information content (AvgIpc) is 3.06. The smallest absolute Gasteiger partial charge is 0.402 e. The second-order valence-corrected chi connectivity index (χ2v) is 10.3. The number of benzene rings is 1. The van der Waals surface area contributed by atoms with Crippen LogP contribution in [-0.4, -0.2) is 65.8 Å². The highest BCUT2D eigenvalue weighted by Crippen LogP contribution is 2.38. The van der Waals surface area contributed by atoms with E-state index in [2.05, 4.69) is 20.6 Å². The van der Waals surface area contributed by atoms with Crippen LogP contribution >= 0.6 is 11.6 Å². The van der Waals surface area contributed by atoms with Crippen LogP contribution in [0.2, 0.25) is 5.02 Å². The van der Waals surface area contributed by atoms with Gasteiger partial charge in [-0.05, 0) is 64.7 Å². The van der Waals surface area contributed by atoms with E-state index >= 15 is 0 Å². The van der Waals surface area contributed by atoms with Gasteiger partial charge in [0.1, 0.15) is 11.7 Å². The first-order valence-electron chi connectivity index (χ1n) is 12.0. The molecule has 11 heteroatoms. The summed E-state index contributed by atoms with van der Waals surface area (Å²) >= 11 is 6.00. The van der Waals surface area contributed by atoms with E-state index in [0.717, 1.165) is 18.4 Å². The Kier molecular flexibility index (Phi) is 9.46. The number of rotatable bonds is 11. The van der Waals surface area contributed by atoms with Crippen LogP contribution < -0.4 is 10.6 Å². The first-order chi connectivity index (χ1) is 17.0. The molecule has 1 aromatic carbocycles. The summed E-state index contributed by atoms with van der Waals surface area (Å²) in [5.41, 5.74) is 0.148. The number of nitrogens with one attached hydrogen (secondary N) is 2. The van der Waals surface area contributed by atoms with Crippen LogP contribution in [0.4, 0.5) is 0 Å². The van der Waals surface area contributed by atoms with Gasteiger partial charge in [-0.1, -0.05) is 23.7 Å². The molecule has 36 heavy (non-hydrogen) atoms. The third-order valence-corrected chi connectivity index (χ3v) is 6.82. The summed E-state index contributed by atoms with van der Waals surface area (Å²) in [5.74, 6) is -1.37. The minimum absolute atomic E-state index is 0.0152. The fourth-order valence-corrected chi connectivity index (χ4v) is 3.91. The van der Waals surface area contributed by atoms with Gasteiger partial charge in [0.25, 0.3) is 5.91 Å². The first-order valence-corrected chi connectivity index (χ1v) is 12.4. The van der Waals surface area contributed by atoms with Crippen molar-refractivity contribution in [1.82, 2.24) is 20.6 Å². The number of nitrogens with zero attached hydrogens (tertiary/aromatic N) is 2. The number of methoxy groups -OCH3 is 1. The zero-order valence-electron chi connectivity index (χ0n) is 21.4. The zero-order chi connectivity index (χ0) is 26.3. The van der Waals surface area contributed by atoms with Crippen LogP contribution in [0.15, 0.2) is 42.9 Å². The van der Waals surface area contributed by atoms with Crippen LogP contribution in [0, 0.1) is 0 Å². The minimum Gasteiger partial charge on any atom is -0.402 e. The first kappa shape index (κ1) is 28.1. The van der Waals surface area contributed by atoms with E-state index in [1.165, 1.54) is 25.7 Å². The largest absolute Gasteiger partial charge is 0.481 e. The fourth-order valence-electron chi connectivity index (χ4n) is 3.79. The summed E-state index contributed by atoms with van der Waals surface area (Å²) in [6, 6.07) is 6.76. The molecule has 1 aliphatic rings. The molecule has 1 saturated heterocycles. The van der Waals surface area contributed by atoms with Gasteiger partial charge < -0.3 is 24.7 Å². The maximum atomic E-state index is 13.3. The molecule has 0 bridgehead atoms. The van der Waals surface area contributed by atoms with E-state index in [0.29, 0.717) is 11.4 Å². The molecule has 3 rings (SSSR count). The molecule has 2 N–H and O–H groups in total. The van der Waals surface area contributed by atoms with Crippen molar-refractivity contribution in [1.29, 1.82) is 0 Å². The Morgan fingerprint density at radius 1 is 1.08 bits per heavy atom. The maximum Gasteiger partial charge on any atom is 0.481 e. The van der Waals surface area contributed by atoms with Crippen LogP contribution in [0.1, 0.15) is 56.6 Å². The average molecular weight is 517 g/mol. The molecule has 1 fully saturated rings. The van der Waals surface area contributed by atoms with E-state index < -0.39 is 42.1 Å². The van der Waals surface area contributed by atoms with Crippen molar-refractivity contribution in [2.45, 2.75) is 70.1 Å². The standard InChI is InChI=1S/C25H34BClN4O5/c1-24(2)25(3,4)36-26(35-24)21(8-6-7-17-9-11-18(27)12-10-17)31-23(33)20(16-34-5)30-22(32)19-15-28-13-14-29-19/h9-15,20-21H,6-8,16H2,1-5H3,(H,30,32)(H,31,33)/t20?,21-/m0/s1. The molecule has 0 spiro atoms. The summed E-state index contributed by atoms with van der Waals surface area (Å²) in [6.07, 6.45) is 6.39. The molecule has 194 valence electrons. The zero-order valence-corrected chi connectivity index (χ0v) is 22.2. The van der Waals surface area contributed by atoms with Crippen LogP contribution in [-0.2, 0) is 25.3 Å². The molecule has 0 saturated carbocycles. The van der Waals surface area contributed by atoms with E-state index in [4.69, 9.17) is 25.6 Å². The van der Waals surface area contributed by atoms with Crippen molar-refractivity contribution in [3.8, 4) is 0 Å². The summed E-state index contributed by atoms with van der Waals surface area (Å²) < 4.78 is 17.7. The Bertz CT molecular complexity index is 1010. The molecule has 1 aromatic heterocycles. The molecule has 1 aliphatic heterocycles. The monoisotopic (exact) mass is 516 g/mol. The lowest BCUT2D eigenvalue weighted by Crippen LogP contribution is -2.56. The number of aromatic nitrogens is 2. The van der Waals surface area contributed by atoms with Gasteiger partial charge in [0.2, 0.25) is 5.91 Å². The van der Waals surface area contributed by atoms with Gasteiger partial charge in [-0.15, -0.1) is 0 Å². The van der Waals surface area contributed by atoms with Crippen LogP contribution in [0.25, 0.3) is 0 Å². The number of halogens is 1. The third kappa shape index (κ3) is 7.26. The Morgan fingerprint density at radius 3 is 2.33 bits per heavy atom. The molecular weight excluding hydrogens is 483 g/mol. The molecular formula is C25H34BClN4O5. The Labute approximate surface area is 217 Å². The van der Waals surface area contributed by atoms with E-state index in [9.17, 15) is 9.59 Å². The molecule has 9 nitrogen and oxygen atoms in total. The molecule has 2 aromatic rings. The second kappa shape index (κ2) is 12.1. The maximum absolute atomic E-state index is 13.3. The molecule has 2 atom stereocenters. The third-order valence-electron chi connectivity index (χ3n) is 6.57. The second-order valence-electron chi connectivity index (χ2n) is 9.83. The lowest BCUT2D eigenvalue weighted by Gasteiger charge is -2.32. The van der Waals surface area contributed by atoms with Crippen molar-refractivity contribution in [2.24, 2.45) is 0 Å². The molecule has 0 aliphatic carbocycles. The highest BCUT2D eigenvalue weighted by Gasteiger charge is 2.54. The summed E-state index contributed by atoms with van der Waals surface area (Å²) in [4.78, 5) is 33.8. The van der Waals surface area contributed by atoms with Gasteiger partial charge in [-0.2, -0.15) is 0 Å². The highest BCUT2D eigenvalue weighted by molar-refractivity contribution is 6.48. The quantitative estimate of drug-likeness (QED) is 0.442. The number of hydrogen-bond donors (Lipinski definition) is 2. The normalized spacial score (nSPS) is 17.9. The number of carbonyl (C=O) groups is 2. The SMILES string of the molecule is COCC(NC(=O)c1cnccn1)C(=O)N[C@@H](CCCc1ccc(Cl)cc1)B1OC(C)(C)C(C)(C)O1. The topological polar surface area (TPSA) is 112 Å². The fraction of sp³-hybridized carbons (Fsp3) is 0.520. The summed E-state index contributed by atoms with van der Waals surface area (Å²) in [6.45, 7) is 7.85. The summed E-state index contributed by atoms with van der Waals surface area (Å²) in [5, 5.41) is 6.40. The number of carbonyl (C=O) groups excluding carboxylic acids is 2. The minimum atomic E-state index is -0.939. The van der Waals surface area contributed by atoms with Gasteiger partial charge in [-0.3, -0.25) is 14.6 Å². The lowest BCUT2D eigenvalue weighted by atomic mass is 9.75. The molecule has 1 unspecified atom stereocenters. The Balaban J connectivity index is 1.71. The van der Waals surface area contributed by atoms with Crippen molar-refractivity contribution >= 4 is 30.5 Å². The highest BCUT2D eigenvalue weighted by atomic mass is 35.5. The molecule has 2 heterocycles. The number of hydrogen-bond acceptors (Lipinski definition) is 7. The molecule has 2 amide bonds. The lowest BCUT2D eigenvalue weighted by molar-refractivity contribution is -0.124. The predicted molar refractivity (Wildman–Crippen MR) is 138 cm³/mol. The van der Waals surface area contributed by atoms with Crippen molar-refractivity contribution in [2.75, 3.05) is 13.7 Å². The predicted octanol–water partition coefficient (Wildman–Crippen LogP) is 3.01. The van der Waals surface area contributed by atoms with E-state index in [1.807, 2.05) is 52.0 Å². The van der Waals surface area contributed by atoms with Crippen molar-refractivity contribution in [3.63, 3.8) is 0 Å². The van der Waals surface area contributed by atoms with E-state index in [1.54, 1.807) is 0 Å². The van der Waals surface area contributed by atoms with E-state index in [-0.39, 0.29) is 12.3 Å². The van der Waals surface area contributed by atoms with Gasteiger partial charge in [0.05, 0.1) is 29.9 Å². The van der Waals surface area contributed by atoms with Gasteiger partial charge in [0, 0.05) is 24.5 Å². The molecule has 0 radical (unpaired) electrons. The Hall–Kier alpha value is -2.53. The van der Waals surface area contributed by atoms with Crippen molar-refractivity contribution < 1.29 is 23.6 Å². The van der Waals surface area contributed by atoms with Gasteiger partial charge in [-0.25, -0.2) is 4.98 Å². The van der Waals surface area contributed by atoms with Gasteiger partial charge >= 0.3 is 7.12 Å². The van der Waals surface area contributed by atoms with Gasteiger partial charge in [0.15, 0.2) is 0 Å². The van der Waals surface area contributed by atoms with Crippen LogP contribution in [0.3, 0.4) is 0 Å².